The van der Waals surface area contributed by atoms with Crippen molar-refractivity contribution in [3.63, 3.8) is 0 Å². The third kappa shape index (κ3) is 7.65. The van der Waals surface area contributed by atoms with Crippen molar-refractivity contribution in [3.05, 3.63) is 29.8 Å². The van der Waals surface area contributed by atoms with E-state index in [0.717, 1.165) is 31.9 Å². The molecule has 0 spiro atoms. The maximum Gasteiger partial charge on any atom is 0.224 e. The van der Waals surface area contributed by atoms with Gasteiger partial charge in [-0.15, -0.1) is 24.0 Å². The van der Waals surface area contributed by atoms with Crippen LogP contribution in [-0.2, 0) is 4.79 Å². The normalized spacial score (nSPS) is 16.1. The van der Waals surface area contributed by atoms with Gasteiger partial charge in [-0.05, 0) is 64.4 Å². The van der Waals surface area contributed by atoms with Crippen molar-refractivity contribution < 1.29 is 9.53 Å². The zero-order valence-corrected chi connectivity index (χ0v) is 20.4. The Morgan fingerprint density at radius 2 is 1.86 bits per heavy atom. The van der Waals surface area contributed by atoms with Crippen LogP contribution in [0.15, 0.2) is 29.3 Å². The van der Waals surface area contributed by atoms with Crippen LogP contribution in [0.2, 0.25) is 0 Å². The lowest BCUT2D eigenvalue weighted by Gasteiger charge is -2.29. The van der Waals surface area contributed by atoms with E-state index in [1.807, 2.05) is 32.9 Å². The minimum atomic E-state index is -0.674. The zero-order valence-electron chi connectivity index (χ0n) is 18.0. The van der Waals surface area contributed by atoms with Crippen LogP contribution >= 0.6 is 24.0 Å². The highest BCUT2D eigenvalue weighted by molar-refractivity contribution is 14.0. The van der Waals surface area contributed by atoms with Gasteiger partial charge in [0.05, 0.1) is 25.1 Å². The maximum absolute atomic E-state index is 11.6. The van der Waals surface area contributed by atoms with E-state index < -0.39 is 5.41 Å². The number of amides is 1. The van der Waals surface area contributed by atoms with Gasteiger partial charge < -0.3 is 21.1 Å². The number of ether oxygens (including phenoxy) is 1. The molecule has 7 nitrogen and oxygen atoms in total. The summed E-state index contributed by atoms with van der Waals surface area (Å²) in [7, 11) is 1.68. The third-order valence-electron chi connectivity index (χ3n) is 5.19. The highest BCUT2D eigenvalue weighted by Crippen LogP contribution is 2.26. The molecule has 1 aromatic carbocycles. The van der Waals surface area contributed by atoms with Gasteiger partial charge in [0, 0.05) is 13.1 Å². The predicted molar refractivity (Wildman–Crippen MR) is 129 cm³/mol. The summed E-state index contributed by atoms with van der Waals surface area (Å²) < 4.78 is 5.29. The van der Waals surface area contributed by atoms with Crippen LogP contribution in [0.1, 0.15) is 45.2 Å². The van der Waals surface area contributed by atoms with E-state index in [9.17, 15) is 4.79 Å². The number of rotatable bonds is 9. The largest absolute Gasteiger partial charge is 0.497 e. The number of carbonyl (C=O) groups is 1. The van der Waals surface area contributed by atoms with Crippen molar-refractivity contribution in [1.29, 1.82) is 0 Å². The average molecular weight is 517 g/mol. The Kier molecular flexibility index (Phi) is 10.7. The molecule has 0 aliphatic carbocycles. The van der Waals surface area contributed by atoms with Gasteiger partial charge in [0.1, 0.15) is 5.75 Å². The number of primary amides is 1. The zero-order chi connectivity index (χ0) is 20.6. The molecule has 1 aromatic rings. The Labute approximate surface area is 191 Å². The van der Waals surface area contributed by atoms with Crippen LogP contribution in [0, 0.1) is 5.41 Å². The maximum atomic E-state index is 11.6. The monoisotopic (exact) mass is 517 g/mol. The Morgan fingerprint density at radius 1 is 1.24 bits per heavy atom. The molecular formula is C21H36IN5O2. The fraction of sp³-hybridized carbons (Fsp3) is 0.619. The highest BCUT2D eigenvalue weighted by Gasteiger charge is 2.26. The predicted octanol–water partition coefficient (Wildman–Crippen LogP) is 2.52. The molecule has 1 amide bonds. The molecule has 1 atom stereocenters. The fourth-order valence-electron chi connectivity index (χ4n) is 3.23. The highest BCUT2D eigenvalue weighted by atomic mass is 127. The quantitative estimate of drug-likeness (QED) is 0.266. The van der Waals surface area contributed by atoms with Crippen molar-refractivity contribution in [2.45, 2.75) is 39.7 Å². The van der Waals surface area contributed by atoms with Gasteiger partial charge in [-0.25, -0.2) is 0 Å². The number of nitrogens with one attached hydrogen (secondary N) is 2. The van der Waals surface area contributed by atoms with E-state index in [1.54, 1.807) is 7.11 Å². The van der Waals surface area contributed by atoms with E-state index in [4.69, 9.17) is 10.5 Å². The summed E-state index contributed by atoms with van der Waals surface area (Å²) in [6.07, 6.45) is 2.46. The SMILES string of the molecule is CCNC(=NCC(C)(C)C(N)=O)NCC(c1ccc(OC)cc1)N1CCCC1.I. The lowest BCUT2D eigenvalue weighted by atomic mass is 9.93. The van der Waals surface area contributed by atoms with Crippen LogP contribution in [0.3, 0.4) is 0 Å². The van der Waals surface area contributed by atoms with Gasteiger partial charge in [0.25, 0.3) is 0 Å². The number of nitrogens with two attached hydrogens (primary N) is 1. The first-order chi connectivity index (χ1) is 13.4. The van der Waals surface area contributed by atoms with E-state index in [0.29, 0.717) is 12.5 Å². The molecule has 4 N–H and O–H groups in total. The van der Waals surface area contributed by atoms with Gasteiger partial charge >= 0.3 is 0 Å². The Morgan fingerprint density at radius 3 is 2.38 bits per heavy atom. The summed E-state index contributed by atoms with van der Waals surface area (Å²) >= 11 is 0. The minimum absolute atomic E-state index is 0. The molecule has 0 saturated carbocycles. The lowest BCUT2D eigenvalue weighted by molar-refractivity contribution is -0.125. The first-order valence-corrected chi connectivity index (χ1v) is 10.1. The van der Waals surface area contributed by atoms with Crippen LogP contribution in [0.4, 0.5) is 0 Å². The summed E-state index contributed by atoms with van der Waals surface area (Å²) in [6.45, 7) is 9.67. The number of guanidine groups is 1. The molecule has 0 radical (unpaired) electrons. The number of carbonyl (C=O) groups excluding carboxylic acids is 1. The molecule has 1 saturated heterocycles. The second-order valence-electron chi connectivity index (χ2n) is 7.86. The van der Waals surface area contributed by atoms with E-state index in [2.05, 4.69) is 32.7 Å². The number of hydrogen-bond acceptors (Lipinski definition) is 4. The molecule has 164 valence electrons. The van der Waals surface area contributed by atoms with Gasteiger partial charge in [0.2, 0.25) is 5.91 Å². The fourth-order valence-corrected chi connectivity index (χ4v) is 3.23. The molecule has 2 rings (SSSR count). The first-order valence-electron chi connectivity index (χ1n) is 10.1. The van der Waals surface area contributed by atoms with Crippen LogP contribution in [0.25, 0.3) is 0 Å². The number of nitrogens with zero attached hydrogens (tertiary/aromatic N) is 2. The Balaban J connectivity index is 0.00000420. The lowest BCUT2D eigenvalue weighted by Crippen LogP contribution is -2.43. The van der Waals surface area contributed by atoms with Crippen LogP contribution in [0.5, 0.6) is 5.75 Å². The molecule has 0 bridgehead atoms. The third-order valence-corrected chi connectivity index (χ3v) is 5.19. The molecule has 1 heterocycles. The number of methoxy groups -OCH3 is 1. The van der Waals surface area contributed by atoms with Gasteiger partial charge in [-0.1, -0.05) is 12.1 Å². The molecule has 0 aromatic heterocycles. The Bertz CT molecular complexity index is 658. The number of benzene rings is 1. The number of likely N-dealkylation sites (tertiary alicyclic amines) is 1. The molecule has 1 unspecified atom stereocenters. The average Bonchev–Trinajstić information content (AvgIpc) is 3.21. The topological polar surface area (TPSA) is 92.0 Å². The van der Waals surface area contributed by atoms with Crippen LogP contribution < -0.4 is 21.1 Å². The van der Waals surface area contributed by atoms with Crippen molar-refractivity contribution in [2.24, 2.45) is 16.1 Å². The molecule has 1 fully saturated rings. The van der Waals surface area contributed by atoms with Crippen molar-refractivity contribution in [2.75, 3.05) is 39.8 Å². The number of aliphatic imine (C=N–C) groups is 1. The first kappa shape index (κ1) is 25.5. The second kappa shape index (κ2) is 12.2. The Hall–Kier alpha value is -1.55. The van der Waals surface area contributed by atoms with E-state index in [-0.39, 0.29) is 35.9 Å². The number of halogens is 1. The molecular weight excluding hydrogens is 481 g/mol. The summed E-state index contributed by atoms with van der Waals surface area (Å²) in [5, 5.41) is 6.71. The summed E-state index contributed by atoms with van der Waals surface area (Å²) in [5.41, 5.74) is 6.05. The summed E-state index contributed by atoms with van der Waals surface area (Å²) in [4.78, 5) is 18.7. The van der Waals surface area contributed by atoms with Crippen molar-refractivity contribution >= 4 is 35.8 Å². The van der Waals surface area contributed by atoms with Gasteiger partial charge in [-0.2, -0.15) is 0 Å². The minimum Gasteiger partial charge on any atom is -0.497 e. The number of hydrogen-bond donors (Lipinski definition) is 3. The molecule has 1 aliphatic rings. The van der Waals surface area contributed by atoms with E-state index >= 15 is 0 Å². The van der Waals surface area contributed by atoms with Crippen LogP contribution in [-0.4, -0.2) is 56.6 Å². The standard InChI is InChI=1S/C21H35N5O2.HI/c1-5-23-20(25-15-21(2,3)19(22)27)24-14-18(26-12-6-7-13-26)16-8-10-17(28-4)11-9-16;/h8-11,18H,5-7,12-15H2,1-4H3,(H2,22,27)(H2,23,24,25);1H. The van der Waals surface area contributed by atoms with Gasteiger partial charge in [-0.3, -0.25) is 14.7 Å². The van der Waals surface area contributed by atoms with E-state index in [1.165, 1.54) is 18.4 Å². The smallest absolute Gasteiger partial charge is 0.224 e. The second-order valence-corrected chi connectivity index (χ2v) is 7.86. The molecule has 8 heteroatoms. The summed E-state index contributed by atoms with van der Waals surface area (Å²) in [6, 6.07) is 8.52. The summed E-state index contributed by atoms with van der Waals surface area (Å²) in [5.74, 6) is 1.22. The van der Waals surface area contributed by atoms with Crippen molar-refractivity contribution in [3.8, 4) is 5.75 Å². The molecule has 1 aliphatic heterocycles. The van der Waals surface area contributed by atoms with Gasteiger partial charge in [0.15, 0.2) is 5.96 Å². The molecule has 29 heavy (non-hydrogen) atoms. The van der Waals surface area contributed by atoms with Crippen molar-refractivity contribution in [1.82, 2.24) is 15.5 Å².